The minimum absolute atomic E-state index is 0.0648. The number of rotatable bonds is 15. The monoisotopic (exact) mass is 432 g/mol. The van der Waals surface area contributed by atoms with Crippen molar-refractivity contribution < 1.29 is 48.2 Å². The van der Waals surface area contributed by atoms with Crippen LogP contribution >= 0.6 is 0 Å². The van der Waals surface area contributed by atoms with Crippen molar-refractivity contribution in [1.29, 1.82) is 0 Å². The van der Waals surface area contributed by atoms with Crippen LogP contribution in [0.3, 0.4) is 0 Å². The molecule has 0 aliphatic carbocycles. The molecule has 0 aromatic heterocycles. The van der Waals surface area contributed by atoms with Crippen molar-refractivity contribution in [3.8, 4) is 0 Å². The summed E-state index contributed by atoms with van der Waals surface area (Å²) >= 11 is 0. The Kier molecular flexibility index (Phi) is 16.9. The standard InChI is InChI=1S/C12H22O6.2C4H6O2/c1(13-3-5-15-7-11-9-17-11)2-14-4-6-16-8-12-10-18-12;2*1-3(2)4(5)6/h11-12H,1-10H2;2*1H2,2H3,(H,5,6)/p-2. The first kappa shape index (κ1) is 28.2. The van der Waals surface area contributed by atoms with Crippen molar-refractivity contribution in [3.05, 3.63) is 24.3 Å². The van der Waals surface area contributed by atoms with Gasteiger partial charge in [0.25, 0.3) is 0 Å². The van der Waals surface area contributed by atoms with Crippen LogP contribution in [0, 0.1) is 0 Å². The minimum atomic E-state index is -1.19. The van der Waals surface area contributed by atoms with Gasteiger partial charge in [-0.3, -0.25) is 0 Å². The van der Waals surface area contributed by atoms with E-state index < -0.39 is 11.9 Å². The van der Waals surface area contributed by atoms with Crippen molar-refractivity contribution in [2.75, 3.05) is 66.1 Å². The molecule has 2 aliphatic heterocycles. The van der Waals surface area contributed by atoms with Gasteiger partial charge >= 0.3 is 0 Å². The molecular weight excluding hydrogens is 400 g/mol. The van der Waals surface area contributed by atoms with Crippen LogP contribution in [-0.2, 0) is 38.0 Å². The number of carbonyl (C=O) groups excluding carboxylic acids is 2. The van der Waals surface area contributed by atoms with E-state index in [2.05, 4.69) is 13.2 Å². The summed E-state index contributed by atoms with van der Waals surface area (Å²) in [6.07, 6.45) is 0.656. The fourth-order valence-electron chi connectivity index (χ4n) is 1.32. The predicted molar refractivity (Wildman–Crippen MR) is 102 cm³/mol. The van der Waals surface area contributed by atoms with Gasteiger partial charge in [0.05, 0.1) is 78.0 Å². The summed E-state index contributed by atoms with van der Waals surface area (Å²) in [6, 6.07) is 0. The molecule has 10 heteroatoms. The first-order chi connectivity index (χ1) is 14.2. The molecule has 2 fully saturated rings. The van der Waals surface area contributed by atoms with E-state index in [1.165, 1.54) is 13.8 Å². The van der Waals surface area contributed by atoms with Crippen LogP contribution in [0.2, 0.25) is 0 Å². The first-order valence-electron chi connectivity index (χ1n) is 9.51. The summed E-state index contributed by atoms with van der Waals surface area (Å²) < 4.78 is 31.4. The van der Waals surface area contributed by atoms with Crippen LogP contribution in [0.1, 0.15) is 13.8 Å². The van der Waals surface area contributed by atoms with E-state index in [1.807, 2.05) is 0 Å². The molecule has 0 aromatic rings. The zero-order valence-electron chi connectivity index (χ0n) is 17.7. The van der Waals surface area contributed by atoms with Gasteiger partial charge in [-0.15, -0.1) is 0 Å². The quantitative estimate of drug-likeness (QED) is 0.170. The molecule has 2 rings (SSSR count). The topological polar surface area (TPSA) is 142 Å². The van der Waals surface area contributed by atoms with Gasteiger partial charge in [-0.05, 0) is 25.0 Å². The molecule has 2 saturated heterocycles. The molecule has 0 bridgehead atoms. The molecule has 0 N–H and O–H groups in total. The van der Waals surface area contributed by atoms with Gasteiger partial charge in [0.1, 0.15) is 12.2 Å². The third kappa shape index (κ3) is 22.5. The summed E-state index contributed by atoms with van der Waals surface area (Å²) in [4.78, 5) is 19.0. The number of carboxylic acid groups (broad SMARTS) is 2. The molecule has 0 spiro atoms. The average molecular weight is 432 g/mol. The molecule has 30 heavy (non-hydrogen) atoms. The largest absolute Gasteiger partial charge is 0.545 e. The number of hydrogen-bond acceptors (Lipinski definition) is 10. The molecule has 0 saturated carbocycles. The summed E-state index contributed by atoms with van der Waals surface area (Å²) in [7, 11) is 0. The van der Waals surface area contributed by atoms with Crippen LogP contribution in [0.4, 0.5) is 0 Å². The molecule has 2 aliphatic rings. The van der Waals surface area contributed by atoms with Crippen molar-refractivity contribution in [1.82, 2.24) is 0 Å². The smallest absolute Gasteiger partial charge is 0.104 e. The van der Waals surface area contributed by atoms with Crippen LogP contribution in [-0.4, -0.2) is 90.2 Å². The van der Waals surface area contributed by atoms with Crippen LogP contribution < -0.4 is 10.2 Å². The van der Waals surface area contributed by atoms with Gasteiger partial charge in [-0.1, -0.05) is 13.2 Å². The number of ether oxygens (including phenoxy) is 6. The number of aliphatic carboxylic acids is 2. The minimum Gasteiger partial charge on any atom is -0.545 e. The molecule has 2 heterocycles. The van der Waals surface area contributed by atoms with Gasteiger partial charge in [0.15, 0.2) is 0 Å². The molecule has 0 amide bonds. The fraction of sp³-hybridized carbons (Fsp3) is 0.700. The van der Waals surface area contributed by atoms with E-state index in [0.29, 0.717) is 65.1 Å². The van der Waals surface area contributed by atoms with Crippen LogP contribution in [0.5, 0.6) is 0 Å². The van der Waals surface area contributed by atoms with Crippen molar-refractivity contribution >= 4 is 11.9 Å². The third-order valence-electron chi connectivity index (χ3n) is 3.23. The van der Waals surface area contributed by atoms with Gasteiger partial charge in [-0.25, -0.2) is 0 Å². The van der Waals surface area contributed by atoms with Crippen molar-refractivity contribution in [3.63, 3.8) is 0 Å². The Hall–Kier alpha value is -1.82. The van der Waals surface area contributed by atoms with Gasteiger partial charge in [0, 0.05) is 0 Å². The zero-order chi connectivity index (χ0) is 22.8. The van der Waals surface area contributed by atoms with Gasteiger partial charge in [0.2, 0.25) is 0 Å². The van der Waals surface area contributed by atoms with Crippen LogP contribution in [0.25, 0.3) is 0 Å². The summed E-state index contributed by atoms with van der Waals surface area (Å²) in [6.45, 7) is 15.6. The number of carboxylic acids is 2. The van der Waals surface area contributed by atoms with Crippen molar-refractivity contribution in [2.45, 2.75) is 26.1 Å². The van der Waals surface area contributed by atoms with Gasteiger partial charge < -0.3 is 48.2 Å². The van der Waals surface area contributed by atoms with Crippen molar-refractivity contribution in [2.24, 2.45) is 0 Å². The highest BCUT2D eigenvalue weighted by Crippen LogP contribution is 2.08. The molecule has 174 valence electrons. The Balaban J connectivity index is 0.000000580. The summed E-state index contributed by atoms with van der Waals surface area (Å²) in [5, 5.41) is 19.0. The van der Waals surface area contributed by atoms with Crippen LogP contribution in [0.15, 0.2) is 24.3 Å². The lowest BCUT2D eigenvalue weighted by atomic mass is 10.4. The third-order valence-corrected chi connectivity index (χ3v) is 3.23. The molecule has 2 atom stereocenters. The maximum Gasteiger partial charge on any atom is 0.104 e. The van der Waals surface area contributed by atoms with E-state index in [0.717, 1.165) is 13.2 Å². The van der Waals surface area contributed by atoms with E-state index in [1.54, 1.807) is 0 Å². The number of carbonyl (C=O) groups is 2. The van der Waals surface area contributed by atoms with E-state index in [9.17, 15) is 19.8 Å². The highest BCUT2D eigenvalue weighted by atomic mass is 16.6. The Morgan fingerprint density at radius 3 is 1.17 bits per heavy atom. The lowest BCUT2D eigenvalue weighted by Crippen LogP contribution is -2.22. The Bertz CT molecular complexity index is 442. The van der Waals surface area contributed by atoms with Gasteiger partial charge in [-0.2, -0.15) is 0 Å². The van der Waals surface area contributed by atoms with E-state index in [4.69, 9.17) is 28.4 Å². The second-order valence-corrected chi connectivity index (χ2v) is 6.42. The molecule has 0 radical (unpaired) electrons. The van der Waals surface area contributed by atoms with E-state index >= 15 is 0 Å². The fourth-order valence-corrected chi connectivity index (χ4v) is 1.32. The normalized spacial score (nSPS) is 18.2. The Morgan fingerprint density at radius 2 is 0.967 bits per heavy atom. The maximum absolute atomic E-state index is 9.49. The van der Waals surface area contributed by atoms with E-state index in [-0.39, 0.29) is 11.1 Å². The molecular formula is C20H32O10-2. The summed E-state index contributed by atoms with van der Waals surface area (Å²) in [5.41, 5.74) is 0.130. The molecule has 10 nitrogen and oxygen atoms in total. The zero-order valence-corrected chi connectivity index (χ0v) is 17.7. The highest BCUT2D eigenvalue weighted by Gasteiger charge is 2.22. The second kappa shape index (κ2) is 18.0. The Morgan fingerprint density at radius 1 is 0.733 bits per heavy atom. The Labute approximate surface area is 177 Å². The highest BCUT2D eigenvalue weighted by molar-refractivity contribution is 5.83. The maximum atomic E-state index is 9.49. The average Bonchev–Trinajstić information content (AvgIpc) is 3.59. The number of hydrogen-bond donors (Lipinski definition) is 0. The molecule has 0 aromatic carbocycles. The predicted octanol–water partition coefficient (Wildman–Crippen LogP) is -1.52. The lowest BCUT2D eigenvalue weighted by Gasteiger charge is -2.06. The lowest BCUT2D eigenvalue weighted by molar-refractivity contribution is -0.300. The SMILES string of the molecule is C(COCCOCC1CO1)OCCOCC1CO1.C=C(C)C(=O)[O-].C=C(C)C(=O)[O-]. The molecule has 2 unspecified atom stereocenters. The summed E-state index contributed by atoms with van der Waals surface area (Å²) in [5.74, 6) is -2.37. The first-order valence-corrected chi connectivity index (χ1v) is 9.51. The second-order valence-electron chi connectivity index (χ2n) is 6.42. The number of epoxide rings is 2.